The molecule has 0 radical (unpaired) electrons. The predicted molar refractivity (Wildman–Crippen MR) is 212 cm³/mol. The van der Waals surface area contributed by atoms with E-state index in [0.29, 0.717) is 70.7 Å². The molecule has 4 heterocycles. The molecule has 0 bridgehead atoms. The van der Waals surface area contributed by atoms with E-state index in [0.717, 1.165) is 43.2 Å². The Bertz CT molecular complexity index is 2190. The van der Waals surface area contributed by atoms with Crippen LogP contribution in [-0.4, -0.2) is 114 Å². The summed E-state index contributed by atoms with van der Waals surface area (Å²) in [5.41, 5.74) is 2.12. The summed E-state index contributed by atoms with van der Waals surface area (Å²) in [4.78, 5) is 73.3. The summed E-state index contributed by atoms with van der Waals surface area (Å²) in [7, 11) is 0. The summed E-state index contributed by atoms with van der Waals surface area (Å²) in [6, 6.07) is 18.6. The van der Waals surface area contributed by atoms with E-state index < -0.39 is 28.7 Å². The number of rotatable bonds is 8. The van der Waals surface area contributed by atoms with Crippen LogP contribution in [0, 0.1) is 22.2 Å². The number of hydrogen-bond acceptors (Lipinski definition) is 9. The molecule has 14 heteroatoms. The van der Waals surface area contributed by atoms with Crippen molar-refractivity contribution in [2.75, 3.05) is 50.7 Å². The van der Waals surface area contributed by atoms with Gasteiger partial charge in [-0.25, -0.2) is 0 Å². The van der Waals surface area contributed by atoms with Crippen LogP contribution in [0.5, 0.6) is 5.75 Å². The molecule has 4 aliphatic heterocycles. The molecule has 8 rings (SSSR count). The third kappa shape index (κ3) is 6.68. The minimum atomic E-state index is -0.766. The lowest BCUT2D eigenvalue weighted by Gasteiger charge is -2.63. The van der Waals surface area contributed by atoms with Crippen molar-refractivity contribution in [2.24, 2.45) is 10.8 Å². The second-order valence-electron chi connectivity index (χ2n) is 16.9. The maximum absolute atomic E-state index is 13.5. The number of piperazine rings is 1. The van der Waals surface area contributed by atoms with Crippen LogP contribution in [-0.2, 0) is 4.79 Å². The van der Waals surface area contributed by atoms with Crippen molar-refractivity contribution < 1.29 is 28.7 Å². The molecule has 3 saturated heterocycles. The van der Waals surface area contributed by atoms with Gasteiger partial charge in [-0.15, -0.1) is 0 Å². The van der Waals surface area contributed by atoms with Crippen LogP contribution in [0.15, 0.2) is 60.7 Å². The molecule has 3 aromatic rings. The maximum atomic E-state index is 13.5. The number of carbonyl (C=O) groups is 5. The average molecular weight is 792 g/mol. The van der Waals surface area contributed by atoms with Gasteiger partial charge in [0.2, 0.25) is 5.91 Å². The SMILES string of the molecule is CC1(C)[C@H](NC(=O)c2ccc(C(=O)N3CCN(C4CN(c5ccc6c(c5)C(=O)N(C5CCCNC5=O)C6=O)C4)CC3)cc2)C(C)(C)[C@H]1Oc1ccc(C#N)c(Cl)c1. The number of fused-ring (bicyclic) bond motifs is 1. The topological polar surface area (TPSA) is 155 Å². The highest BCUT2D eigenvalue weighted by atomic mass is 35.5. The highest BCUT2D eigenvalue weighted by Gasteiger charge is 2.64. The van der Waals surface area contributed by atoms with Crippen LogP contribution in [0.3, 0.4) is 0 Å². The molecule has 0 aromatic heterocycles. The van der Waals surface area contributed by atoms with Crippen molar-refractivity contribution in [1.82, 2.24) is 25.3 Å². The van der Waals surface area contributed by atoms with Crippen molar-refractivity contribution in [1.29, 1.82) is 5.26 Å². The second kappa shape index (κ2) is 14.5. The van der Waals surface area contributed by atoms with E-state index in [2.05, 4.69) is 54.2 Å². The molecular weight excluding hydrogens is 746 g/mol. The fourth-order valence-corrected chi connectivity index (χ4v) is 9.89. The Hall–Kier alpha value is -5.45. The molecular formula is C43H46ClN7O6. The van der Waals surface area contributed by atoms with Crippen molar-refractivity contribution >= 4 is 46.8 Å². The van der Waals surface area contributed by atoms with Crippen LogP contribution in [0.1, 0.15) is 87.5 Å². The highest BCUT2D eigenvalue weighted by Crippen LogP contribution is 2.55. The second-order valence-corrected chi connectivity index (χ2v) is 17.3. The zero-order chi connectivity index (χ0) is 40.4. The van der Waals surface area contributed by atoms with Gasteiger partial charge in [0.15, 0.2) is 0 Å². The van der Waals surface area contributed by atoms with E-state index in [-0.39, 0.29) is 29.9 Å². The van der Waals surface area contributed by atoms with Crippen molar-refractivity contribution in [3.8, 4) is 11.8 Å². The number of halogens is 1. The fourth-order valence-electron chi connectivity index (χ4n) is 9.67. The van der Waals surface area contributed by atoms with E-state index in [4.69, 9.17) is 16.3 Å². The van der Waals surface area contributed by atoms with Gasteiger partial charge in [0.1, 0.15) is 24.0 Å². The number of nitrogens with zero attached hydrogens (tertiary/aromatic N) is 5. The molecule has 4 fully saturated rings. The number of ether oxygens (including phenoxy) is 1. The predicted octanol–water partition coefficient (Wildman–Crippen LogP) is 4.34. The van der Waals surface area contributed by atoms with Gasteiger partial charge in [0.25, 0.3) is 23.6 Å². The molecule has 1 saturated carbocycles. The first-order valence-electron chi connectivity index (χ1n) is 19.5. The molecule has 5 amide bonds. The molecule has 1 unspecified atom stereocenters. The standard InChI is InChI=1S/C43H46ClN7O6/c1-42(2)40(43(3,4)41(42)57-30-13-11-27(22-45)33(44)21-30)47-35(52)25-7-9-26(10-8-25)37(54)49-18-16-48(17-19-49)29-23-50(24-29)28-12-14-31-32(20-28)39(56)51(38(31)55)34-6-5-15-46-36(34)53/h7-14,20-21,29,34,40-41H,5-6,15-19,23-24H2,1-4H3,(H,46,53)(H,47,52)/t34?,40-,41-. The Labute approximate surface area is 336 Å². The Morgan fingerprint density at radius 1 is 0.877 bits per heavy atom. The third-order valence-corrected chi connectivity index (χ3v) is 13.0. The van der Waals surface area contributed by atoms with Gasteiger partial charge in [-0.1, -0.05) is 39.3 Å². The van der Waals surface area contributed by atoms with Gasteiger partial charge >= 0.3 is 0 Å². The summed E-state index contributed by atoms with van der Waals surface area (Å²) in [5.74, 6) is -0.833. The van der Waals surface area contributed by atoms with Crippen LogP contribution in [0.2, 0.25) is 5.02 Å². The first kappa shape index (κ1) is 38.4. The normalized spacial score (nSPS) is 24.2. The average Bonchev–Trinajstić information content (AvgIpc) is 3.43. The minimum absolute atomic E-state index is 0.0712. The van der Waals surface area contributed by atoms with Gasteiger partial charge in [-0.2, -0.15) is 5.26 Å². The fraction of sp³-hybridized carbons (Fsp3) is 0.442. The number of imide groups is 1. The van der Waals surface area contributed by atoms with Gasteiger partial charge in [0, 0.05) is 91.6 Å². The Morgan fingerprint density at radius 2 is 1.54 bits per heavy atom. The molecule has 3 aromatic carbocycles. The number of nitriles is 1. The number of hydrogen-bond donors (Lipinski definition) is 2. The van der Waals surface area contributed by atoms with Crippen LogP contribution in [0.25, 0.3) is 0 Å². The number of amides is 5. The van der Waals surface area contributed by atoms with Crippen LogP contribution >= 0.6 is 11.6 Å². The molecule has 13 nitrogen and oxygen atoms in total. The first-order valence-corrected chi connectivity index (χ1v) is 19.9. The maximum Gasteiger partial charge on any atom is 0.262 e. The van der Waals surface area contributed by atoms with E-state index in [9.17, 15) is 29.2 Å². The molecule has 296 valence electrons. The monoisotopic (exact) mass is 791 g/mol. The molecule has 1 aliphatic carbocycles. The van der Waals surface area contributed by atoms with Gasteiger partial charge in [-0.05, 0) is 67.4 Å². The van der Waals surface area contributed by atoms with Crippen molar-refractivity contribution in [3.05, 3.63) is 93.5 Å². The van der Waals surface area contributed by atoms with E-state index >= 15 is 0 Å². The third-order valence-electron chi connectivity index (χ3n) is 12.6. The van der Waals surface area contributed by atoms with Crippen molar-refractivity contribution in [3.63, 3.8) is 0 Å². The summed E-state index contributed by atoms with van der Waals surface area (Å²) in [6.45, 7) is 12.9. The minimum Gasteiger partial charge on any atom is -0.489 e. The number of benzene rings is 3. The van der Waals surface area contributed by atoms with Crippen LogP contribution < -0.4 is 20.3 Å². The van der Waals surface area contributed by atoms with E-state index in [1.54, 1.807) is 54.6 Å². The lowest BCUT2D eigenvalue weighted by atomic mass is 9.49. The Kier molecular flexibility index (Phi) is 9.77. The lowest BCUT2D eigenvalue weighted by molar-refractivity contribution is -0.164. The Balaban J connectivity index is 0.812. The zero-order valence-electron chi connectivity index (χ0n) is 32.5. The molecule has 1 atom stereocenters. The molecule has 57 heavy (non-hydrogen) atoms. The summed E-state index contributed by atoms with van der Waals surface area (Å²) >= 11 is 6.23. The van der Waals surface area contributed by atoms with Gasteiger partial charge in [0.05, 0.1) is 21.7 Å². The van der Waals surface area contributed by atoms with E-state index in [1.807, 2.05) is 11.0 Å². The molecule has 0 spiro atoms. The number of carbonyl (C=O) groups excluding carboxylic acids is 5. The number of anilines is 1. The summed E-state index contributed by atoms with van der Waals surface area (Å²) < 4.78 is 6.35. The Morgan fingerprint density at radius 3 is 2.19 bits per heavy atom. The lowest BCUT2D eigenvalue weighted by Crippen LogP contribution is -2.74. The summed E-state index contributed by atoms with van der Waals surface area (Å²) in [6.07, 6.45) is 0.968. The quantitative estimate of drug-likeness (QED) is 0.317. The highest BCUT2D eigenvalue weighted by molar-refractivity contribution is 6.31. The summed E-state index contributed by atoms with van der Waals surface area (Å²) in [5, 5.41) is 15.5. The molecule has 2 N–H and O–H groups in total. The number of nitrogens with one attached hydrogen (secondary N) is 2. The van der Waals surface area contributed by atoms with Gasteiger partial charge in [-0.3, -0.25) is 33.8 Å². The zero-order valence-corrected chi connectivity index (χ0v) is 33.3. The number of piperidine rings is 1. The largest absolute Gasteiger partial charge is 0.489 e. The smallest absolute Gasteiger partial charge is 0.262 e. The van der Waals surface area contributed by atoms with Crippen molar-refractivity contribution in [2.45, 2.75) is 64.8 Å². The first-order chi connectivity index (χ1) is 27.2. The molecule has 5 aliphatic rings. The van der Waals surface area contributed by atoms with E-state index in [1.165, 1.54) is 0 Å². The van der Waals surface area contributed by atoms with Crippen LogP contribution in [0.4, 0.5) is 5.69 Å². The van der Waals surface area contributed by atoms with Gasteiger partial charge < -0.3 is 25.2 Å².